The summed E-state index contributed by atoms with van der Waals surface area (Å²) < 4.78 is -0.167. The molecule has 0 saturated heterocycles. The van der Waals surface area contributed by atoms with Crippen LogP contribution in [-0.2, 0) is 0 Å². The van der Waals surface area contributed by atoms with Crippen LogP contribution in [0.5, 0.6) is 0 Å². The maximum atomic E-state index is 9.46. The van der Waals surface area contributed by atoms with E-state index in [0.717, 1.165) is 12.8 Å². The summed E-state index contributed by atoms with van der Waals surface area (Å²) in [6.07, 6.45) is 5.77. The minimum atomic E-state index is -0.167. The first kappa shape index (κ1) is 12.5. The van der Waals surface area contributed by atoms with Gasteiger partial charge in [-0.1, -0.05) is 25.3 Å². The van der Waals surface area contributed by atoms with Crippen molar-refractivity contribution in [2.24, 2.45) is 0 Å². The van der Waals surface area contributed by atoms with Crippen LogP contribution >= 0.6 is 11.8 Å². The van der Waals surface area contributed by atoms with Gasteiger partial charge in [0.2, 0.25) is 0 Å². The SMILES string of the molecule is Cc1ccc(SC2(C#N)CCCCC2)cc1C. The van der Waals surface area contributed by atoms with Gasteiger partial charge in [0.15, 0.2) is 0 Å². The molecule has 0 amide bonds. The van der Waals surface area contributed by atoms with E-state index in [4.69, 9.17) is 0 Å². The van der Waals surface area contributed by atoms with Crippen LogP contribution in [0.25, 0.3) is 0 Å². The van der Waals surface area contributed by atoms with E-state index < -0.39 is 0 Å². The molecule has 0 N–H and O–H groups in total. The van der Waals surface area contributed by atoms with E-state index in [1.54, 1.807) is 11.8 Å². The molecule has 1 aromatic rings. The Morgan fingerprint density at radius 2 is 1.82 bits per heavy atom. The van der Waals surface area contributed by atoms with Crippen LogP contribution in [0, 0.1) is 25.2 Å². The Bertz CT molecular complexity index is 439. The number of nitriles is 1. The van der Waals surface area contributed by atoms with Crippen molar-refractivity contribution in [3.05, 3.63) is 29.3 Å². The lowest BCUT2D eigenvalue weighted by molar-refractivity contribution is 0.459. The molecule has 90 valence electrons. The molecule has 2 rings (SSSR count). The van der Waals surface area contributed by atoms with Gasteiger partial charge < -0.3 is 0 Å². The fourth-order valence-corrected chi connectivity index (χ4v) is 3.72. The van der Waals surface area contributed by atoms with Gasteiger partial charge in [-0.3, -0.25) is 0 Å². The zero-order valence-corrected chi connectivity index (χ0v) is 11.4. The Kier molecular flexibility index (Phi) is 3.79. The Hall–Kier alpha value is -0.940. The molecule has 0 unspecified atom stereocenters. The topological polar surface area (TPSA) is 23.8 Å². The number of nitrogens with zero attached hydrogens (tertiary/aromatic N) is 1. The first-order valence-electron chi connectivity index (χ1n) is 6.33. The molecule has 1 nitrogen and oxygen atoms in total. The highest BCUT2D eigenvalue weighted by Gasteiger charge is 2.33. The Morgan fingerprint density at radius 1 is 1.12 bits per heavy atom. The van der Waals surface area contributed by atoms with E-state index in [2.05, 4.69) is 38.1 Å². The predicted molar refractivity (Wildman–Crippen MR) is 73.2 cm³/mol. The van der Waals surface area contributed by atoms with Gasteiger partial charge in [0.05, 0.1) is 6.07 Å². The van der Waals surface area contributed by atoms with E-state index >= 15 is 0 Å². The van der Waals surface area contributed by atoms with Gasteiger partial charge in [-0.25, -0.2) is 0 Å². The third-order valence-corrected chi connectivity index (χ3v) is 5.04. The van der Waals surface area contributed by atoms with Gasteiger partial charge in [-0.05, 0) is 49.9 Å². The zero-order valence-electron chi connectivity index (χ0n) is 10.6. The van der Waals surface area contributed by atoms with E-state index in [9.17, 15) is 5.26 Å². The van der Waals surface area contributed by atoms with Gasteiger partial charge in [-0.15, -0.1) is 11.8 Å². The minimum absolute atomic E-state index is 0.167. The van der Waals surface area contributed by atoms with Crippen molar-refractivity contribution in [3.63, 3.8) is 0 Å². The molecule has 0 bridgehead atoms. The predicted octanol–water partition coefficient (Wildman–Crippen LogP) is 4.62. The molecular weight excluding hydrogens is 226 g/mol. The lowest BCUT2D eigenvalue weighted by Crippen LogP contribution is -2.25. The highest BCUT2D eigenvalue weighted by Crippen LogP contribution is 2.43. The molecule has 17 heavy (non-hydrogen) atoms. The van der Waals surface area contributed by atoms with Gasteiger partial charge >= 0.3 is 0 Å². The van der Waals surface area contributed by atoms with Crippen molar-refractivity contribution in [1.82, 2.24) is 0 Å². The maximum Gasteiger partial charge on any atom is 0.107 e. The third kappa shape index (κ3) is 2.84. The Morgan fingerprint density at radius 3 is 2.41 bits per heavy atom. The van der Waals surface area contributed by atoms with Crippen LogP contribution in [0.1, 0.15) is 43.2 Å². The quantitative estimate of drug-likeness (QED) is 0.759. The standard InChI is InChI=1S/C15H19NS/c1-12-6-7-14(10-13(12)2)17-15(11-16)8-4-3-5-9-15/h6-7,10H,3-5,8-9H2,1-2H3. The molecule has 1 aliphatic carbocycles. The fraction of sp³-hybridized carbons (Fsp3) is 0.533. The molecule has 1 saturated carbocycles. The number of thioether (sulfide) groups is 1. The second-order valence-corrected chi connectivity index (χ2v) is 6.47. The Labute approximate surface area is 108 Å². The van der Waals surface area contributed by atoms with E-state index in [1.807, 2.05) is 0 Å². The van der Waals surface area contributed by atoms with Crippen LogP contribution in [-0.4, -0.2) is 4.75 Å². The average Bonchev–Trinajstić information content (AvgIpc) is 2.35. The number of benzene rings is 1. The molecule has 0 heterocycles. The minimum Gasteiger partial charge on any atom is -0.197 e. The first-order valence-corrected chi connectivity index (χ1v) is 7.14. The third-order valence-electron chi connectivity index (χ3n) is 3.66. The van der Waals surface area contributed by atoms with Crippen molar-refractivity contribution in [2.45, 2.75) is 55.6 Å². The summed E-state index contributed by atoms with van der Waals surface area (Å²) in [5.41, 5.74) is 2.64. The van der Waals surface area contributed by atoms with Crippen LogP contribution < -0.4 is 0 Å². The van der Waals surface area contributed by atoms with Crippen LogP contribution in [0.15, 0.2) is 23.1 Å². The monoisotopic (exact) mass is 245 g/mol. The number of aryl methyl sites for hydroxylation is 2. The summed E-state index contributed by atoms with van der Waals surface area (Å²) in [5, 5.41) is 9.46. The second-order valence-electron chi connectivity index (χ2n) is 5.01. The molecule has 0 aliphatic heterocycles. The molecule has 0 atom stereocenters. The lowest BCUT2D eigenvalue weighted by Gasteiger charge is -2.30. The Balaban J connectivity index is 2.18. The van der Waals surface area contributed by atoms with E-state index in [0.29, 0.717) is 0 Å². The zero-order chi connectivity index (χ0) is 12.3. The van der Waals surface area contributed by atoms with Crippen molar-refractivity contribution >= 4 is 11.8 Å². The maximum absolute atomic E-state index is 9.46. The highest BCUT2D eigenvalue weighted by molar-refractivity contribution is 8.01. The van der Waals surface area contributed by atoms with E-state index in [1.165, 1.54) is 35.3 Å². The van der Waals surface area contributed by atoms with Crippen molar-refractivity contribution in [3.8, 4) is 6.07 Å². The lowest BCUT2D eigenvalue weighted by atomic mass is 9.89. The molecule has 0 radical (unpaired) electrons. The van der Waals surface area contributed by atoms with Crippen molar-refractivity contribution in [2.75, 3.05) is 0 Å². The molecule has 1 fully saturated rings. The van der Waals surface area contributed by atoms with Crippen LogP contribution in [0.2, 0.25) is 0 Å². The largest absolute Gasteiger partial charge is 0.197 e. The first-order chi connectivity index (χ1) is 8.15. The second kappa shape index (κ2) is 5.14. The summed E-state index contributed by atoms with van der Waals surface area (Å²) in [6, 6.07) is 9.09. The summed E-state index contributed by atoms with van der Waals surface area (Å²) in [7, 11) is 0. The highest BCUT2D eigenvalue weighted by atomic mass is 32.2. The van der Waals surface area contributed by atoms with Crippen molar-refractivity contribution < 1.29 is 0 Å². The van der Waals surface area contributed by atoms with Gasteiger partial charge in [0, 0.05) is 4.90 Å². The average molecular weight is 245 g/mol. The summed E-state index contributed by atoms with van der Waals surface area (Å²) >= 11 is 1.77. The van der Waals surface area contributed by atoms with Crippen molar-refractivity contribution in [1.29, 1.82) is 5.26 Å². The smallest absolute Gasteiger partial charge is 0.107 e. The molecule has 0 spiro atoms. The fourth-order valence-electron chi connectivity index (χ4n) is 2.36. The van der Waals surface area contributed by atoms with Gasteiger partial charge in [0.1, 0.15) is 4.75 Å². The van der Waals surface area contributed by atoms with Gasteiger partial charge in [0.25, 0.3) is 0 Å². The summed E-state index contributed by atoms with van der Waals surface area (Å²) in [5.74, 6) is 0. The van der Waals surface area contributed by atoms with E-state index in [-0.39, 0.29) is 4.75 Å². The van der Waals surface area contributed by atoms with Gasteiger partial charge in [-0.2, -0.15) is 5.26 Å². The molecule has 1 aromatic carbocycles. The van der Waals surface area contributed by atoms with Crippen LogP contribution in [0.3, 0.4) is 0 Å². The summed E-state index contributed by atoms with van der Waals surface area (Å²) in [4.78, 5) is 1.25. The summed E-state index contributed by atoms with van der Waals surface area (Å²) in [6.45, 7) is 4.27. The molecule has 1 aliphatic rings. The van der Waals surface area contributed by atoms with Crippen LogP contribution in [0.4, 0.5) is 0 Å². The normalized spacial score (nSPS) is 18.6. The number of hydrogen-bond donors (Lipinski definition) is 0. The molecule has 2 heteroatoms. The molecular formula is C15H19NS. The number of rotatable bonds is 2. The number of hydrogen-bond acceptors (Lipinski definition) is 2. The molecule has 0 aromatic heterocycles.